The standard InChI is InChI=1S/C22H25FN2O3S/c1-22(2,3)15-7-5-14(6-8-15)17-11-18(17)20(26)25-12-13-4-9-16(19(23)10-13)21(27)28-29-24/h4-10,17-18H,11-12,24H2,1-3H3,(H,25,26). The van der Waals surface area contributed by atoms with E-state index in [1.807, 2.05) is 0 Å². The molecule has 0 aliphatic heterocycles. The van der Waals surface area contributed by atoms with E-state index in [0.29, 0.717) is 17.8 Å². The highest BCUT2D eigenvalue weighted by molar-refractivity contribution is 7.92. The van der Waals surface area contributed by atoms with E-state index in [9.17, 15) is 14.0 Å². The van der Waals surface area contributed by atoms with Crippen molar-refractivity contribution in [3.8, 4) is 0 Å². The third-order valence-electron chi connectivity index (χ3n) is 5.18. The molecule has 0 spiro atoms. The van der Waals surface area contributed by atoms with Crippen LogP contribution in [0.5, 0.6) is 0 Å². The fraction of sp³-hybridized carbons (Fsp3) is 0.364. The van der Waals surface area contributed by atoms with Crippen LogP contribution in [0.3, 0.4) is 0 Å². The lowest BCUT2D eigenvalue weighted by molar-refractivity contribution is -0.122. The van der Waals surface area contributed by atoms with Crippen LogP contribution in [0, 0.1) is 11.7 Å². The van der Waals surface area contributed by atoms with Gasteiger partial charge in [0.05, 0.1) is 5.56 Å². The molecule has 0 bridgehead atoms. The first-order chi connectivity index (χ1) is 13.7. The average Bonchev–Trinajstić information content (AvgIpc) is 3.46. The van der Waals surface area contributed by atoms with Crippen LogP contribution in [0.15, 0.2) is 42.5 Å². The minimum atomic E-state index is -0.844. The van der Waals surface area contributed by atoms with Crippen molar-refractivity contribution >= 4 is 24.1 Å². The summed E-state index contributed by atoms with van der Waals surface area (Å²) in [6.45, 7) is 6.71. The minimum Gasteiger partial charge on any atom is -0.371 e. The fourth-order valence-electron chi connectivity index (χ4n) is 3.33. The molecule has 5 nitrogen and oxygen atoms in total. The van der Waals surface area contributed by atoms with Crippen molar-refractivity contribution in [2.24, 2.45) is 11.1 Å². The number of amides is 1. The van der Waals surface area contributed by atoms with Crippen molar-refractivity contribution < 1.29 is 18.2 Å². The Bertz CT molecular complexity index is 909. The first kappa shape index (κ1) is 21.3. The zero-order valence-corrected chi connectivity index (χ0v) is 17.5. The zero-order valence-electron chi connectivity index (χ0n) is 16.7. The van der Waals surface area contributed by atoms with Crippen molar-refractivity contribution in [3.63, 3.8) is 0 Å². The van der Waals surface area contributed by atoms with Crippen LogP contribution in [0.4, 0.5) is 4.39 Å². The summed E-state index contributed by atoms with van der Waals surface area (Å²) in [7, 11) is 0. The van der Waals surface area contributed by atoms with Gasteiger partial charge in [0.25, 0.3) is 0 Å². The molecule has 1 saturated carbocycles. The van der Waals surface area contributed by atoms with Crippen LogP contribution in [-0.4, -0.2) is 11.9 Å². The summed E-state index contributed by atoms with van der Waals surface area (Å²) in [5, 5.41) is 7.90. The van der Waals surface area contributed by atoms with Gasteiger partial charge in [0.15, 0.2) is 0 Å². The van der Waals surface area contributed by atoms with E-state index in [-0.39, 0.29) is 35.3 Å². The Hall–Kier alpha value is -2.38. The smallest absolute Gasteiger partial charge is 0.354 e. The molecule has 2 atom stereocenters. The second-order valence-electron chi connectivity index (χ2n) is 8.32. The molecule has 0 radical (unpaired) electrons. The topological polar surface area (TPSA) is 81.4 Å². The number of rotatable bonds is 6. The van der Waals surface area contributed by atoms with Gasteiger partial charge in [-0.1, -0.05) is 51.1 Å². The molecule has 1 aliphatic carbocycles. The summed E-state index contributed by atoms with van der Waals surface area (Å²) in [6, 6.07) is 12.6. The van der Waals surface area contributed by atoms with E-state index < -0.39 is 11.8 Å². The SMILES string of the molecule is CC(C)(C)c1ccc(C2CC2C(=O)NCc2ccc(C(=O)OSN)c(F)c2)cc1. The fourth-order valence-corrected chi connectivity index (χ4v) is 3.50. The Labute approximate surface area is 174 Å². The molecule has 2 aromatic rings. The van der Waals surface area contributed by atoms with Crippen LogP contribution < -0.4 is 10.5 Å². The van der Waals surface area contributed by atoms with Crippen LogP contribution in [0.2, 0.25) is 0 Å². The van der Waals surface area contributed by atoms with Gasteiger partial charge in [0.2, 0.25) is 5.91 Å². The molecular weight excluding hydrogens is 391 g/mol. The molecule has 154 valence electrons. The number of carbonyl (C=O) groups is 2. The molecule has 0 saturated heterocycles. The summed E-state index contributed by atoms with van der Waals surface area (Å²) < 4.78 is 18.6. The average molecular weight is 417 g/mol. The highest BCUT2D eigenvalue weighted by atomic mass is 32.2. The monoisotopic (exact) mass is 416 g/mol. The maximum atomic E-state index is 14.1. The second kappa shape index (κ2) is 8.55. The van der Waals surface area contributed by atoms with Gasteiger partial charge in [-0.2, -0.15) is 0 Å². The molecule has 2 aromatic carbocycles. The van der Waals surface area contributed by atoms with Crippen molar-refractivity contribution in [1.29, 1.82) is 0 Å². The maximum Gasteiger partial charge on any atom is 0.354 e. The number of benzene rings is 2. The Kier molecular flexibility index (Phi) is 6.29. The molecule has 1 amide bonds. The highest BCUT2D eigenvalue weighted by Crippen LogP contribution is 2.47. The van der Waals surface area contributed by atoms with Gasteiger partial charge in [0, 0.05) is 12.5 Å². The number of carbonyl (C=O) groups excluding carboxylic acids is 2. The summed E-state index contributed by atoms with van der Waals surface area (Å²) in [5.74, 6) is -1.43. The summed E-state index contributed by atoms with van der Waals surface area (Å²) >= 11 is 0.369. The number of nitrogens with one attached hydrogen (secondary N) is 1. The van der Waals surface area contributed by atoms with Crippen LogP contribution >= 0.6 is 12.2 Å². The summed E-state index contributed by atoms with van der Waals surface area (Å²) in [4.78, 5) is 24.0. The van der Waals surface area contributed by atoms with Gasteiger partial charge in [-0.15, -0.1) is 0 Å². The zero-order chi connectivity index (χ0) is 21.2. The lowest BCUT2D eigenvalue weighted by atomic mass is 9.86. The van der Waals surface area contributed by atoms with Gasteiger partial charge < -0.3 is 9.50 Å². The first-order valence-electron chi connectivity index (χ1n) is 9.45. The van der Waals surface area contributed by atoms with Gasteiger partial charge >= 0.3 is 5.97 Å². The molecule has 0 heterocycles. The molecule has 7 heteroatoms. The maximum absolute atomic E-state index is 14.1. The number of halogens is 1. The third-order valence-corrected chi connectivity index (χ3v) is 5.42. The molecule has 1 aliphatic rings. The number of hydrogen-bond donors (Lipinski definition) is 2. The van der Waals surface area contributed by atoms with E-state index in [4.69, 9.17) is 5.14 Å². The van der Waals surface area contributed by atoms with Crippen molar-refractivity contribution in [3.05, 3.63) is 70.5 Å². The van der Waals surface area contributed by atoms with Crippen LogP contribution in [0.1, 0.15) is 60.2 Å². The number of hydrogen-bond acceptors (Lipinski definition) is 5. The van der Waals surface area contributed by atoms with Gasteiger partial charge in [-0.3, -0.25) is 4.79 Å². The number of nitrogens with two attached hydrogens (primary N) is 1. The normalized spacial score (nSPS) is 18.2. The molecule has 29 heavy (non-hydrogen) atoms. The molecule has 3 rings (SSSR count). The van der Waals surface area contributed by atoms with E-state index >= 15 is 0 Å². The second-order valence-corrected chi connectivity index (χ2v) is 8.68. The van der Waals surface area contributed by atoms with Crippen molar-refractivity contribution in [1.82, 2.24) is 5.32 Å². The van der Waals surface area contributed by atoms with Crippen molar-refractivity contribution in [2.45, 2.75) is 45.1 Å². The van der Waals surface area contributed by atoms with Gasteiger partial charge in [-0.05, 0) is 46.6 Å². The Morgan fingerprint density at radius 2 is 1.90 bits per heavy atom. The van der Waals surface area contributed by atoms with E-state index in [0.717, 1.165) is 6.42 Å². The highest BCUT2D eigenvalue weighted by Gasteiger charge is 2.43. The minimum absolute atomic E-state index is 0.0432. The molecule has 3 N–H and O–H groups in total. The summed E-state index contributed by atoms with van der Waals surface area (Å²) in [6.07, 6.45) is 0.816. The summed E-state index contributed by atoms with van der Waals surface area (Å²) in [5.41, 5.74) is 2.91. The first-order valence-corrected chi connectivity index (χ1v) is 10.3. The Morgan fingerprint density at radius 3 is 2.48 bits per heavy atom. The van der Waals surface area contributed by atoms with Gasteiger partial charge in [-0.25, -0.2) is 14.3 Å². The molecule has 0 aromatic heterocycles. The quantitative estimate of drug-likeness (QED) is 0.544. The molecular formula is C22H25FN2O3S. The van der Waals surface area contributed by atoms with Gasteiger partial charge in [0.1, 0.15) is 18.0 Å². The molecule has 1 fully saturated rings. The largest absolute Gasteiger partial charge is 0.371 e. The lowest BCUT2D eigenvalue weighted by Crippen LogP contribution is -2.25. The predicted octanol–water partition coefficient (Wildman–Crippen LogP) is 4.22. The molecule has 2 unspecified atom stereocenters. The Balaban J connectivity index is 1.54. The predicted molar refractivity (Wildman–Crippen MR) is 111 cm³/mol. The third kappa shape index (κ3) is 5.16. The van der Waals surface area contributed by atoms with E-state index in [2.05, 4.69) is 54.5 Å². The Morgan fingerprint density at radius 1 is 1.21 bits per heavy atom. The van der Waals surface area contributed by atoms with Crippen molar-refractivity contribution in [2.75, 3.05) is 0 Å². The van der Waals surface area contributed by atoms with Crippen LogP contribution in [-0.2, 0) is 20.9 Å². The van der Waals surface area contributed by atoms with E-state index in [1.54, 1.807) is 6.07 Å². The van der Waals surface area contributed by atoms with Crippen LogP contribution in [0.25, 0.3) is 0 Å². The van der Waals surface area contributed by atoms with E-state index in [1.165, 1.54) is 23.3 Å². The lowest BCUT2D eigenvalue weighted by Gasteiger charge is -2.19.